The van der Waals surface area contributed by atoms with E-state index in [1.807, 2.05) is 0 Å². The van der Waals surface area contributed by atoms with Gasteiger partial charge in [-0.3, -0.25) is 4.79 Å². The predicted molar refractivity (Wildman–Crippen MR) is 65.6 cm³/mol. The number of ether oxygens (including phenoxy) is 1. The van der Waals surface area contributed by atoms with Crippen LogP contribution in [0.2, 0.25) is 0 Å². The van der Waals surface area contributed by atoms with Crippen LogP contribution in [0.25, 0.3) is 11.0 Å². The first-order chi connectivity index (χ1) is 8.99. The molecule has 6 nitrogen and oxygen atoms in total. The number of aromatic hydroxyl groups is 1. The normalized spacial score (nSPS) is 10.4. The Bertz CT molecular complexity index is 741. The lowest BCUT2D eigenvalue weighted by molar-refractivity contribution is 0.0602. The molecule has 0 bridgehead atoms. The summed E-state index contributed by atoms with van der Waals surface area (Å²) in [5.41, 5.74) is -0.489. The molecule has 98 valence electrons. The van der Waals surface area contributed by atoms with E-state index in [1.165, 1.54) is 20.1 Å². The second-order valence-corrected chi connectivity index (χ2v) is 3.90. The number of hydrogen-bond donors (Lipinski definition) is 1. The Balaban J connectivity index is 2.99. The van der Waals surface area contributed by atoms with Gasteiger partial charge in [0.25, 0.3) is 0 Å². The smallest absolute Gasteiger partial charge is 0.338 e. The van der Waals surface area contributed by atoms with Crippen LogP contribution in [0.5, 0.6) is 5.75 Å². The molecule has 6 heteroatoms. The summed E-state index contributed by atoms with van der Waals surface area (Å²) < 4.78 is 9.54. The quantitative estimate of drug-likeness (QED) is 0.499. The van der Waals surface area contributed by atoms with Crippen LogP contribution >= 0.6 is 0 Å². The number of carbonyl (C=O) groups is 2. The van der Waals surface area contributed by atoms with Gasteiger partial charge in [-0.2, -0.15) is 0 Å². The largest absolute Gasteiger partial charge is 0.507 e. The number of phenolic OH excluding ortho intramolecular Hbond substituents is 1. The van der Waals surface area contributed by atoms with Crippen LogP contribution < -0.4 is 5.63 Å². The van der Waals surface area contributed by atoms with Crippen molar-refractivity contribution in [2.75, 3.05) is 7.11 Å². The van der Waals surface area contributed by atoms with Crippen molar-refractivity contribution in [2.45, 2.75) is 6.92 Å². The zero-order chi connectivity index (χ0) is 14.2. The summed E-state index contributed by atoms with van der Waals surface area (Å²) in [6, 6.07) is 2.26. The molecule has 1 heterocycles. The molecule has 0 amide bonds. The van der Waals surface area contributed by atoms with Crippen molar-refractivity contribution in [3.63, 3.8) is 0 Å². The van der Waals surface area contributed by atoms with E-state index < -0.39 is 11.6 Å². The summed E-state index contributed by atoms with van der Waals surface area (Å²) in [6.07, 6.45) is 0.452. The third kappa shape index (κ3) is 1.97. The van der Waals surface area contributed by atoms with Gasteiger partial charge in [-0.1, -0.05) is 0 Å². The van der Waals surface area contributed by atoms with Gasteiger partial charge >= 0.3 is 11.6 Å². The van der Waals surface area contributed by atoms with Crippen LogP contribution in [0, 0.1) is 6.92 Å². The fourth-order valence-corrected chi connectivity index (χ4v) is 1.84. The summed E-state index contributed by atoms with van der Waals surface area (Å²) in [7, 11) is 1.18. The van der Waals surface area contributed by atoms with E-state index in [1.54, 1.807) is 0 Å². The summed E-state index contributed by atoms with van der Waals surface area (Å²) in [6.45, 7) is 1.48. The molecule has 0 radical (unpaired) electrons. The molecule has 1 aromatic carbocycles. The first kappa shape index (κ1) is 12.8. The van der Waals surface area contributed by atoms with Crippen molar-refractivity contribution in [1.82, 2.24) is 0 Å². The average Bonchev–Trinajstić information content (AvgIpc) is 2.41. The molecule has 0 unspecified atom stereocenters. The van der Waals surface area contributed by atoms with E-state index in [-0.39, 0.29) is 33.4 Å². The standard InChI is InChI=1S/C13H10O6/c1-6-11(16)7(5-14)3-8-9(13(17)18-2)4-10(15)19-12(6)8/h3-5,16H,1-2H3. The second-order valence-electron chi connectivity index (χ2n) is 3.90. The van der Waals surface area contributed by atoms with Crippen LogP contribution in [0.3, 0.4) is 0 Å². The predicted octanol–water partition coefficient (Wildman–Crippen LogP) is 1.41. The molecule has 0 saturated heterocycles. The van der Waals surface area contributed by atoms with Crippen LogP contribution in [0.1, 0.15) is 26.3 Å². The third-order valence-electron chi connectivity index (χ3n) is 2.80. The number of rotatable bonds is 2. The molecule has 1 aromatic heterocycles. The van der Waals surface area contributed by atoms with Crippen LogP contribution in [0.15, 0.2) is 21.3 Å². The topological polar surface area (TPSA) is 93.8 Å². The Morgan fingerprint density at radius 1 is 1.42 bits per heavy atom. The van der Waals surface area contributed by atoms with E-state index >= 15 is 0 Å². The van der Waals surface area contributed by atoms with Crippen LogP contribution in [-0.2, 0) is 4.74 Å². The number of fused-ring (bicyclic) bond motifs is 1. The number of phenols is 1. The molecule has 19 heavy (non-hydrogen) atoms. The van der Waals surface area contributed by atoms with Gasteiger partial charge in [0.05, 0.1) is 18.2 Å². The first-order valence-electron chi connectivity index (χ1n) is 5.33. The van der Waals surface area contributed by atoms with Crippen LogP contribution in [0.4, 0.5) is 0 Å². The lowest BCUT2D eigenvalue weighted by Crippen LogP contribution is -2.09. The zero-order valence-electron chi connectivity index (χ0n) is 10.2. The molecule has 0 saturated carbocycles. The van der Waals surface area contributed by atoms with E-state index in [2.05, 4.69) is 4.74 Å². The van der Waals surface area contributed by atoms with Gasteiger partial charge in [0, 0.05) is 17.0 Å². The monoisotopic (exact) mass is 262 g/mol. The number of aldehydes is 1. The number of aryl methyl sites for hydroxylation is 1. The minimum Gasteiger partial charge on any atom is -0.507 e. The highest BCUT2D eigenvalue weighted by molar-refractivity contribution is 6.05. The van der Waals surface area contributed by atoms with Gasteiger partial charge in [-0.05, 0) is 13.0 Å². The van der Waals surface area contributed by atoms with Crippen LogP contribution in [-0.4, -0.2) is 24.5 Å². The summed E-state index contributed by atoms with van der Waals surface area (Å²) in [4.78, 5) is 33.9. The van der Waals surface area contributed by atoms with E-state index in [4.69, 9.17) is 4.42 Å². The molecule has 0 aliphatic carbocycles. The average molecular weight is 262 g/mol. The highest BCUT2D eigenvalue weighted by Crippen LogP contribution is 2.30. The van der Waals surface area contributed by atoms with Crippen molar-refractivity contribution in [3.05, 3.63) is 39.2 Å². The molecule has 0 spiro atoms. The van der Waals surface area contributed by atoms with Crippen molar-refractivity contribution in [3.8, 4) is 5.75 Å². The third-order valence-corrected chi connectivity index (χ3v) is 2.80. The van der Waals surface area contributed by atoms with Crippen molar-refractivity contribution >= 4 is 23.2 Å². The van der Waals surface area contributed by atoms with Gasteiger partial charge in [-0.25, -0.2) is 9.59 Å². The van der Waals surface area contributed by atoms with Gasteiger partial charge in [0.15, 0.2) is 6.29 Å². The fraction of sp³-hybridized carbons (Fsp3) is 0.154. The van der Waals surface area contributed by atoms with Crippen molar-refractivity contribution < 1.29 is 23.8 Å². The highest BCUT2D eigenvalue weighted by atomic mass is 16.5. The maximum Gasteiger partial charge on any atom is 0.338 e. The number of carbonyl (C=O) groups excluding carboxylic acids is 2. The van der Waals surface area contributed by atoms with Gasteiger partial charge in [-0.15, -0.1) is 0 Å². The lowest BCUT2D eigenvalue weighted by Gasteiger charge is -2.08. The van der Waals surface area contributed by atoms with E-state index in [0.29, 0.717) is 6.29 Å². The first-order valence-corrected chi connectivity index (χ1v) is 5.33. The number of methoxy groups -OCH3 is 1. The highest BCUT2D eigenvalue weighted by Gasteiger charge is 2.18. The second kappa shape index (κ2) is 4.56. The summed E-state index contributed by atoms with van der Waals surface area (Å²) >= 11 is 0. The van der Waals surface area contributed by atoms with E-state index in [0.717, 1.165) is 6.07 Å². The zero-order valence-corrected chi connectivity index (χ0v) is 10.2. The molecule has 0 fully saturated rings. The molecule has 0 aliphatic rings. The molecular formula is C13H10O6. The molecule has 2 aromatic rings. The van der Waals surface area contributed by atoms with Crippen molar-refractivity contribution in [1.29, 1.82) is 0 Å². The molecule has 0 aliphatic heterocycles. The number of benzene rings is 1. The molecule has 2 rings (SSSR count). The Labute approximate surface area is 107 Å². The summed E-state index contributed by atoms with van der Waals surface area (Å²) in [5, 5.41) is 10.0. The Morgan fingerprint density at radius 2 is 2.11 bits per heavy atom. The minimum absolute atomic E-state index is 0.00371. The molecular weight excluding hydrogens is 252 g/mol. The Kier molecular flexibility index (Phi) is 3.08. The SMILES string of the molecule is COC(=O)c1cc(=O)oc2c(C)c(O)c(C=O)cc12. The minimum atomic E-state index is -0.741. The Morgan fingerprint density at radius 3 is 2.68 bits per heavy atom. The molecule has 0 atom stereocenters. The summed E-state index contributed by atoms with van der Waals surface area (Å²) in [5.74, 6) is -1.01. The van der Waals surface area contributed by atoms with Gasteiger partial charge < -0.3 is 14.3 Å². The maximum atomic E-state index is 11.6. The lowest BCUT2D eigenvalue weighted by atomic mass is 10.0. The Hall–Kier alpha value is -2.63. The fourth-order valence-electron chi connectivity index (χ4n) is 1.84. The number of hydrogen-bond acceptors (Lipinski definition) is 6. The van der Waals surface area contributed by atoms with Crippen molar-refractivity contribution in [2.24, 2.45) is 0 Å². The van der Waals surface area contributed by atoms with E-state index in [9.17, 15) is 19.5 Å². The maximum absolute atomic E-state index is 11.6. The molecule has 1 N–H and O–H groups in total. The number of esters is 1. The van der Waals surface area contributed by atoms with Gasteiger partial charge in [0.1, 0.15) is 11.3 Å². The van der Waals surface area contributed by atoms with Gasteiger partial charge in [0.2, 0.25) is 0 Å².